The molecule has 2 nitrogen and oxygen atoms in total. The molecule has 0 saturated carbocycles. The fraction of sp³-hybridized carbons (Fsp3) is 0.500. The van der Waals surface area contributed by atoms with E-state index >= 15 is 0 Å². The molecule has 2 rings (SSSR count). The molecule has 0 spiro atoms. The summed E-state index contributed by atoms with van der Waals surface area (Å²) in [4.78, 5) is 0. The zero-order valence-corrected chi connectivity index (χ0v) is 9.68. The Kier molecular flexibility index (Phi) is 3.49. The van der Waals surface area contributed by atoms with Crippen molar-refractivity contribution in [3.63, 3.8) is 0 Å². The predicted molar refractivity (Wildman–Crippen MR) is 62.7 cm³/mol. The van der Waals surface area contributed by atoms with Crippen LogP contribution in [-0.2, 0) is 0 Å². The first-order chi connectivity index (χ1) is 7.25. The molecule has 0 radical (unpaired) electrons. The van der Waals surface area contributed by atoms with Crippen LogP contribution in [0.15, 0.2) is 18.2 Å². The van der Waals surface area contributed by atoms with Crippen molar-refractivity contribution < 1.29 is 4.74 Å². The standard InChI is InChI=1S/C12H16ClNO/c1-9-7-11(4-5-12(9)13)15-8-10-3-2-6-14-10/h4-5,7,10,14H,2-3,6,8H2,1H3/t10-/m0/s1. The van der Waals surface area contributed by atoms with Crippen LogP contribution in [0.5, 0.6) is 5.75 Å². The first kappa shape index (κ1) is 10.8. The summed E-state index contributed by atoms with van der Waals surface area (Å²) < 4.78 is 5.70. The number of hydrogen-bond acceptors (Lipinski definition) is 2. The summed E-state index contributed by atoms with van der Waals surface area (Å²) in [5.74, 6) is 0.908. The van der Waals surface area contributed by atoms with Crippen molar-refractivity contribution in [3.05, 3.63) is 28.8 Å². The summed E-state index contributed by atoms with van der Waals surface area (Å²) in [7, 11) is 0. The Morgan fingerprint density at radius 3 is 3.07 bits per heavy atom. The van der Waals surface area contributed by atoms with E-state index in [0.29, 0.717) is 6.04 Å². The molecule has 1 atom stereocenters. The fourth-order valence-electron chi connectivity index (χ4n) is 1.80. The second-order valence-electron chi connectivity index (χ2n) is 4.02. The number of benzene rings is 1. The average Bonchev–Trinajstić information content (AvgIpc) is 2.73. The summed E-state index contributed by atoms with van der Waals surface area (Å²) in [5, 5.41) is 4.19. The maximum Gasteiger partial charge on any atom is 0.119 e. The topological polar surface area (TPSA) is 21.3 Å². The normalized spacial score (nSPS) is 20.5. The first-order valence-electron chi connectivity index (χ1n) is 5.38. The molecule has 0 amide bonds. The minimum absolute atomic E-state index is 0.515. The summed E-state index contributed by atoms with van der Waals surface area (Å²) in [6, 6.07) is 6.30. The summed E-state index contributed by atoms with van der Waals surface area (Å²) >= 11 is 5.94. The van der Waals surface area contributed by atoms with E-state index < -0.39 is 0 Å². The van der Waals surface area contributed by atoms with Gasteiger partial charge in [0, 0.05) is 11.1 Å². The Labute approximate surface area is 95.6 Å². The number of ether oxygens (including phenoxy) is 1. The van der Waals surface area contributed by atoms with Gasteiger partial charge in [0.2, 0.25) is 0 Å². The van der Waals surface area contributed by atoms with Crippen LogP contribution in [0.3, 0.4) is 0 Å². The van der Waals surface area contributed by atoms with Crippen LogP contribution in [0.2, 0.25) is 5.02 Å². The second-order valence-corrected chi connectivity index (χ2v) is 4.42. The third-order valence-electron chi connectivity index (χ3n) is 2.74. The Hall–Kier alpha value is -0.730. The van der Waals surface area contributed by atoms with Gasteiger partial charge in [-0.1, -0.05) is 11.6 Å². The highest BCUT2D eigenvalue weighted by atomic mass is 35.5. The minimum atomic E-state index is 0.515. The highest BCUT2D eigenvalue weighted by Gasteiger charge is 2.14. The zero-order valence-electron chi connectivity index (χ0n) is 8.92. The average molecular weight is 226 g/mol. The van der Waals surface area contributed by atoms with Crippen LogP contribution in [0, 0.1) is 6.92 Å². The van der Waals surface area contributed by atoms with Gasteiger partial charge in [0.1, 0.15) is 12.4 Å². The zero-order chi connectivity index (χ0) is 10.7. The molecule has 1 N–H and O–H groups in total. The van der Waals surface area contributed by atoms with E-state index in [9.17, 15) is 0 Å². The molecule has 1 heterocycles. The van der Waals surface area contributed by atoms with Crippen LogP contribution in [0.1, 0.15) is 18.4 Å². The van der Waals surface area contributed by atoms with Gasteiger partial charge >= 0.3 is 0 Å². The second kappa shape index (κ2) is 4.86. The molecule has 1 saturated heterocycles. The summed E-state index contributed by atoms with van der Waals surface area (Å²) in [6.07, 6.45) is 2.47. The molecule has 1 aromatic rings. The Balaban J connectivity index is 1.90. The molecule has 1 fully saturated rings. The van der Waals surface area contributed by atoms with E-state index in [4.69, 9.17) is 16.3 Å². The lowest BCUT2D eigenvalue weighted by atomic mass is 10.2. The monoisotopic (exact) mass is 225 g/mol. The van der Waals surface area contributed by atoms with Crippen LogP contribution >= 0.6 is 11.6 Å². The van der Waals surface area contributed by atoms with E-state index in [2.05, 4.69) is 5.32 Å². The Morgan fingerprint density at radius 1 is 1.53 bits per heavy atom. The van der Waals surface area contributed by atoms with Crippen molar-refractivity contribution in [2.24, 2.45) is 0 Å². The molecular formula is C12H16ClNO. The van der Waals surface area contributed by atoms with Crippen molar-refractivity contribution in [1.29, 1.82) is 0 Å². The number of hydrogen-bond donors (Lipinski definition) is 1. The molecule has 0 bridgehead atoms. The van der Waals surface area contributed by atoms with Crippen molar-refractivity contribution in [2.75, 3.05) is 13.2 Å². The maximum atomic E-state index is 5.94. The third kappa shape index (κ3) is 2.86. The lowest BCUT2D eigenvalue weighted by molar-refractivity contribution is 0.277. The number of rotatable bonds is 3. The molecule has 82 valence electrons. The summed E-state index contributed by atoms with van der Waals surface area (Å²) in [6.45, 7) is 3.86. The van der Waals surface area contributed by atoms with E-state index in [0.717, 1.165) is 29.5 Å². The van der Waals surface area contributed by atoms with Gasteiger partial charge in [0.05, 0.1) is 0 Å². The highest BCUT2D eigenvalue weighted by molar-refractivity contribution is 6.31. The first-order valence-corrected chi connectivity index (χ1v) is 5.76. The number of aryl methyl sites for hydroxylation is 1. The molecule has 1 aliphatic rings. The molecule has 1 aromatic carbocycles. The third-order valence-corrected chi connectivity index (χ3v) is 3.17. The van der Waals surface area contributed by atoms with Gasteiger partial charge in [-0.2, -0.15) is 0 Å². The van der Waals surface area contributed by atoms with E-state index in [1.54, 1.807) is 0 Å². The Bertz CT molecular complexity index is 334. The quantitative estimate of drug-likeness (QED) is 0.854. The number of halogens is 1. The van der Waals surface area contributed by atoms with Crippen molar-refractivity contribution >= 4 is 11.6 Å². The van der Waals surface area contributed by atoms with Crippen molar-refractivity contribution in [2.45, 2.75) is 25.8 Å². The molecule has 0 aromatic heterocycles. The van der Waals surface area contributed by atoms with Crippen molar-refractivity contribution in [3.8, 4) is 5.75 Å². The minimum Gasteiger partial charge on any atom is -0.492 e. The van der Waals surface area contributed by atoms with Crippen LogP contribution in [-0.4, -0.2) is 19.2 Å². The van der Waals surface area contributed by atoms with Crippen molar-refractivity contribution in [1.82, 2.24) is 5.32 Å². The van der Waals surface area contributed by atoms with Gasteiger partial charge in [-0.3, -0.25) is 0 Å². The molecule has 15 heavy (non-hydrogen) atoms. The molecular weight excluding hydrogens is 210 g/mol. The Morgan fingerprint density at radius 2 is 2.40 bits per heavy atom. The number of nitrogens with one attached hydrogen (secondary N) is 1. The van der Waals surface area contributed by atoms with Gasteiger partial charge < -0.3 is 10.1 Å². The summed E-state index contributed by atoms with van der Waals surface area (Å²) in [5.41, 5.74) is 1.06. The lowest BCUT2D eigenvalue weighted by Crippen LogP contribution is -2.28. The highest BCUT2D eigenvalue weighted by Crippen LogP contribution is 2.21. The van der Waals surface area contributed by atoms with E-state index in [-0.39, 0.29) is 0 Å². The smallest absolute Gasteiger partial charge is 0.119 e. The van der Waals surface area contributed by atoms with Gasteiger partial charge in [-0.25, -0.2) is 0 Å². The molecule has 0 unspecified atom stereocenters. The van der Waals surface area contributed by atoms with Gasteiger partial charge in [0.15, 0.2) is 0 Å². The van der Waals surface area contributed by atoms with Gasteiger partial charge in [0.25, 0.3) is 0 Å². The largest absolute Gasteiger partial charge is 0.492 e. The van der Waals surface area contributed by atoms with Crippen LogP contribution in [0.25, 0.3) is 0 Å². The predicted octanol–water partition coefficient (Wildman–Crippen LogP) is 2.78. The van der Waals surface area contributed by atoms with E-state index in [1.165, 1.54) is 12.8 Å². The fourth-order valence-corrected chi connectivity index (χ4v) is 1.92. The molecule has 0 aliphatic carbocycles. The maximum absolute atomic E-state index is 5.94. The van der Waals surface area contributed by atoms with E-state index in [1.807, 2.05) is 25.1 Å². The van der Waals surface area contributed by atoms with Gasteiger partial charge in [-0.05, 0) is 50.1 Å². The van der Waals surface area contributed by atoms with Gasteiger partial charge in [-0.15, -0.1) is 0 Å². The van der Waals surface area contributed by atoms with Crippen LogP contribution < -0.4 is 10.1 Å². The lowest BCUT2D eigenvalue weighted by Gasteiger charge is -2.12. The molecule has 1 aliphatic heterocycles. The SMILES string of the molecule is Cc1cc(OC[C@@H]2CCCN2)ccc1Cl. The molecule has 3 heteroatoms. The van der Waals surface area contributed by atoms with Crippen LogP contribution in [0.4, 0.5) is 0 Å².